The first-order valence-corrected chi connectivity index (χ1v) is 3.80. The molecule has 0 saturated carbocycles. The molecule has 0 saturated heterocycles. The lowest BCUT2D eigenvalue weighted by Crippen LogP contribution is -2.06. The molecule has 0 atom stereocenters. The van der Waals surface area contributed by atoms with Crippen LogP contribution in [-0.2, 0) is 6.61 Å². The highest BCUT2D eigenvalue weighted by atomic mass is 19.3. The van der Waals surface area contributed by atoms with E-state index in [2.05, 4.69) is 4.98 Å². The largest absolute Gasteiger partial charge is 0.390 e. The summed E-state index contributed by atoms with van der Waals surface area (Å²) < 4.78 is 24.8. The molecule has 15 heavy (non-hydrogen) atoms. The molecule has 0 bridgehead atoms. The first kappa shape index (κ1) is 11.2. The van der Waals surface area contributed by atoms with E-state index in [1.165, 1.54) is 0 Å². The Morgan fingerprint density at radius 1 is 1.67 bits per heavy atom. The van der Waals surface area contributed by atoms with Gasteiger partial charge in [0.25, 0.3) is 12.1 Å². The van der Waals surface area contributed by atoms with Crippen molar-refractivity contribution < 1.29 is 18.8 Å². The Bertz CT molecular complexity index is 397. The fourth-order valence-corrected chi connectivity index (χ4v) is 1.07. The lowest BCUT2D eigenvalue weighted by Gasteiger charge is -2.06. The average molecular weight is 219 g/mol. The van der Waals surface area contributed by atoms with Gasteiger partial charge in [-0.1, -0.05) is 0 Å². The lowest BCUT2D eigenvalue weighted by molar-refractivity contribution is -0.386. The molecular formula is C7H7F2N3O3. The van der Waals surface area contributed by atoms with E-state index in [9.17, 15) is 18.9 Å². The first-order chi connectivity index (χ1) is 6.97. The molecule has 1 rings (SSSR count). The summed E-state index contributed by atoms with van der Waals surface area (Å²) in [7, 11) is 0. The second kappa shape index (κ2) is 4.13. The zero-order valence-electron chi connectivity index (χ0n) is 7.35. The van der Waals surface area contributed by atoms with E-state index >= 15 is 0 Å². The Balaban J connectivity index is 3.42. The molecule has 82 valence electrons. The van der Waals surface area contributed by atoms with Gasteiger partial charge < -0.3 is 10.8 Å². The van der Waals surface area contributed by atoms with E-state index < -0.39 is 35.0 Å². The molecule has 0 radical (unpaired) electrons. The Hall–Kier alpha value is -1.83. The summed E-state index contributed by atoms with van der Waals surface area (Å²) in [6.07, 6.45) is -3.08. The highest BCUT2D eigenvalue weighted by molar-refractivity contribution is 5.54. The molecule has 6 nitrogen and oxygen atoms in total. The van der Waals surface area contributed by atoms with Crippen molar-refractivity contribution in [3.05, 3.63) is 27.4 Å². The van der Waals surface area contributed by atoms with E-state index in [1.807, 2.05) is 0 Å². The van der Waals surface area contributed by atoms with Crippen LogP contribution in [0.25, 0.3) is 0 Å². The SMILES string of the molecule is Nc1nc(CO)cc([N+](=O)[O-])c1C(F)F. The number of aliphatic hydroxyl groups excluding tert-OH is 1. The van der Waals surface area contributed by atoms with E-state index in [-0.39, 0.29) is 5.69 Å². The van der Waals surface area contributed by atoms with Crippen LogP contribution in [0.5, 0.6) is 0 Å². The van der Waals surface area contributed by atoms with Crippen molar-refractivity contribution in [2.45, 2.75) is 13.0 Å². The smallest absolute Gasteiger partial charge is 0.283 e. The fraction of sp³-hybridized carbons (Fsp3) is 0.286. The molecular weight excluding hydrogens is 212 g/mol. The highest BCUT2D eigenvalue weighted by Gasteiger charge is 2.26. The molecule has 0 aliphatic carbocycles. The third-order valence-corrected chi connectivity index (χ3v) is 1.70. The molecule has 1 aromatic rings. The van der Waals surface area contributed by atoms with Crippen LogP contribution in [0.15, 0.2) is 6.07 Å². The monoisotopic (exact) mass is 219 g/mol. The van der Waals surface area contributed by atoms with Crippen LogP contribution in [0.2, 0.25) is 0 Å². The van der Waals surface area contributed by atoms with Gasteiger partial charge in [0, 0.05) is 6.07 Å². The summed E-state index contributed by atoms with van der Waals surface area (Å²) in [5.74, 6) is -0.636. The van der Waals surface area contributed by atoms with Gasteiger partial charge in [0.1, 0.15) is 11.4 Å². The van der Waals surface area contributed by atoms with Gasteiger partial charge in [-0.3, -0.25) is 10.1 Å². The molecule has 1 aromatic heterocycles. The number of aromatic nitrogens is 1. The van der Waals surface area contributed by atoms with Gasteiger partial charge in [-0.25, -0.2) is 13.8 Å². The van der Waals surface area contributed by atoms with Crippen molar-refractivity contribution in [3.8, 4) is 0 Å². The van der Waals surface area contributed by atoms with Crippen LogP contribution in [-0.4, -0.2) is 15.0 Å². The van der Waals surface area contributed by atoms with Crippen molar-refractivity contribution in [1.82, 2.24) is 4.98 Å². The average Bonchev–Trinajstić information content (AvgIpc) is 2.15. The van der Waals surface area contributed by atoms with Gasteiger partial charge in [-0.05, 0) is 0 Å². The number of nitrogens with two attached hydrogens (primary N) is 1. The zero-order valence-corrected chi connectivity index (χ0v) is 7.35. The van der Waals surface area contributed by atoms with Crippen molar-refractivity contribution in [2.24, 2.45) is 0 Å². The Labute approximate surface area is 82.5 Å². The Kier molecular flexibility index (Phi) is 3.10. The maximum atomic E-state index is 12.4. The maximum Gasteiger partial charge on any atom is 0.283 e. The molecule has 0 amide bonds. The molecule has 0 aliphatic rings. The predicted molar refractivity (Wildman–Crippen MR) is 46.2 cm³/mol. The van der Waals surface area contributed by atoms with Crippen molar-refractivity contribution >= 4 is 11.5 Å². The van der Waals surface area contributed by atoms with Crippen molar-refractivity contribution in [3.63, 3.8) is 0 Å². The topological polar surface area (TPSA) is 102 Å². The van der Waals surface area contributed by atoms with Gasteiger partial charge >= 0.3 is 0 Å². The number of pyridine rings is 1. The minimum Gasteiger partial charge on any atom is -0.390 e. The lowest BCUT2D eigenvalue weighted by atomic mass is 10.2. The number of hydrogen-bond donors (Lipinski definition) is 2. The number of nitro groups is 1. The van der Waals surface area contributed by atoms with Crippen LogP contribution in [0.1, 0.15) is 17.7 Å². The summed E-state index contributed by atoms with van der Waals surface area (Å²) in [5, 5.41) is 19.1. The molecule has 0 unspecified atom stereocenters. The Morgan fingerprint density at radius 3 is 2.67 bits per heavy atom. The maximum absolute atomic E-state index is 12.4. The van der Waals surface area contributed by atoms with Crippen LogP contribution in [0, 0.1) is 10.1 Å². The van der Waals surface area contributed by atoms with Crippen molar-refractivity contribution in [2.75, 3.05) is 5.73 Å². The molecule has 3 N–H and O–H groups in total. The fourth-order valence-electron chi connectivity index (χ4n) is 1.07. The van der Waals surface area contributed by atoms with Gasteiger partial charge in [0.15, 0.2) is 0 Å². The highest BCUT2D eigenvalue weighted by Crippen LogP contribution is 2.33. The van der Waals surface area contributed by atoms with Crippen LogP contribution in [0.4, 0.5) is 20.3 Å². The number of hydrogen-bond acceptors (Lipinski definition) is 5. The quantitative estimate of drug-likeness (QED) is 0.583. The molecule has 1 heterocycles. The van der Waals surface area contributed by atoms with E-state index in [0.29, 0.717) is 0 Å². The number of rotatable bonds is 3. The number of halogens is 2. The summed E-state index contributed by atoms with van der Waals surface area (Å²) in [6.45, 7) is -0.603. The second-order valence-electron chi connectivity index (χ2n) is 2.65. The molecule has 8 heteroatoms. The van der Waals surface area contributed by atoms with E-state index in [1.54, 1.807) is 0 Å². The minimum atomic E-state index is -3.08. The summed E-state index contributed by atoms with van der Waals surface area (Å²) in [4.78, 5) is 12.9. The van der Waals surface area contributed by atoms with Gasteiger partial charge in [-0.15, -0.1) is 0 Å². The number of anilines is 1. The standard InChI is InChI=1S/C7H7F2N3O3/c8-6(9)5-4(12(14)15)1-3(2-13)11-7(5)10/h1,6,13H,2H2,(H2,10,11). The minimum absolute atomic E-state index is 0.122. The van der Waals surface area contributed by atoms with E-state index in [4.69, 9.17) is 10.8 Å². The van der Waals surface area contributed by atoms with Crippen LogP contribution in [0.3, 0.4) is 0 Å². The number of alkyl halides is 2. The van der Waals surface area contributed by atoms with Gasteiger partial charge in [0.05, 0.1) is 17.2 Å². The summed E-state index contributed by atoms with van der Waals surface area (Å²) >= 11 is 0. The number of nitrogen functional groups attached to an aromatic ring is 1. The third-order valence-electron chi connectivity index (χ3n) is 1.70. The third kappa shape index (κ3) is 2.15. The van der Waals surface area contributed by atoms with Crippen LogP contribution >= 0.6 is 0 Å². The van der Waals surface area contributed by atoms with Gasteiger partial charge in [-0.2, -0.15) is 0 Å². The zero-order chi connectivity index (χ0) is 11.6. The Morgan fingerprint density at radius 2 is 2.27 bits per heavy atom. The number of nitrogens with zero attached hydrogens (tertiary/aromatic N) is 2. The molecule has 0 spiro atoms. The van der Waals surface area contributed by atoms with Gasteiger partial charge in [0.2, 0.25) is 0 Å². The summed E-state index contributed by atoms with van der Waals surface area (Å²) in [5.41, 5.74) is 3.26. The summed E-state index contributed by atoms with van der Waals surface area (Å²) in [6, 6.07) is 0.776. The predicted octanol–water partition coefficient (Wildman–Crippen LogP) is 1.00. The van der Waals surface area contributed by atoms with Crippen LogP contribution < -0.4 is 5.73 Å². The molecule has 0 aromatic carbocycles. The van der Waals surface area contributed by atoms with E-state index in [0.717, 1.165) is 6.07 Å². The second-order valence-corrected chi connectivity index (χ2v) is 2.65. The molecule has 0 aliphatic heterocycles. The normalized spacial score (nSPS) is 10.7. The van der Waals surface area contributed by atoms with Crippen molar-refractivity contribution in [1.29, 1.82) is 0 Å². The first-order valence-electron chi connectivity index (χ1n) is 3.80. The molecule has 0 fully saturated rings. The number of aliphatic hydroxyl groups is 1.